The van der Waals surface area contributed by atoms with Crippen LogP contribution in [0.1, 0.15) is 0 Å². The first-order valence-electron chi connectivity index (χ1n) is 15.6. The Morgan fingerprint density at radius 2 is 0.851 bits per heavy atom. The first kappa shape index (κ1) is 26.9. The lowest BCUT2D eigenvalue weighted by atomic mass is 9.94. The summed E-state index contributed by atoms with van der Waals surface area (Å²) in [4.78, 5) is 12.0. The van der Waals surface area contributed by atoms with Crippen LogP contribution in [-0.2, 0) is 0 Å². The summed E-state index contributed by atoms with van der Waals surface area (Å²) in [6.45, 7) is 0. The van der Waals surface area contributed by atoms with Crippen LogP contribution in [0.2, 0.25) is 0 Å². The minimum atomic E-state index is -0.299. The van der Waals surface area contributed by atoms with Crippen molar-refractivity contribution in [3.8, 4) is 33.6 Å². The van der Waals surface area contributed by atoms with Crippen molar-refractivity contribution in [2.45, 2.75) is 0 Å². The Hall–Kier alpha value is -6.46. The first-order valence-corrected chi connectivity index (χ1v) is 15.6. The van der Waals surface area contributed by atoms with E-state index in [1.807, 2.05) is 60.7 Å². The van der Waals surface area contributed by atoms with Crippen molar-refractivity contribution in [3.05, 3.63) is 174 Å². The molecule has 0 aliphatic heterocycles. The molecular formula is C42H27N3O2. The van der Waals surface area contributed by atoms with Gasteiger partial charge >= 0.3 is 0 Å². The molecule has 5 heteroatoms. The van der Waals surface area contributed by atoms with E-state index in [1.165, 1.54) is 10.8 Å². The summed E-state index contributed by atoms with van der Waals surface area (Å²) in [6.07, 6.45) is 0. The normalized spacial score (nSPS) is 11.6. The molecule has 0 aliphatic rings. The summed E-state index contributed by atoms with van der Waals surface area (Å²) in [6, 6.07) is 55.5. The minimum absolute atomic E-state index is 0.0564. The van der Waals surface area contributed by atoms with Gasteiger partial charge in [-0.3, -0.25) is 10.1 Å². The SMILES string of the molecule is O=[N+]([O-])c1cc(-c2ccccc2)c(-n2c3ccccc3c3cc(-n4c5ccccc5c5ccccc54)ccc32)c(-c2ccccc2)c1. The molecule has 0 bridgehead atoms. The van der Waals surface area contributed by atoms with Crippen LogP contribution < -0.4 is 0 Å². The molecule has 0 saturated carbocycles. The van der Waals surface area contributed by atoms with Crippen molar-refractivity contribution in [1.29, 1.82) is 0 Å². The van der Waals surface area contributed by atoms with Crippen molar-refractivity contribution in [2.24, 2.45) is 0 Å². The highest BCUT2D eigenvalue weighted by Gasteiger charge is 2.24. The first-order chi connectivity index (χ1) is 23.2. The number of benzene rings is 7. The lowest BCUT2D eigenvalue weighted by molar-refractivity contribution is -0.384. The molecule has 9 aromatic rings. The Morgan fingerprint density at radius 1 is 0.426 bits per heavy atom. The largest absolute Gasteiger partial charge is 0.309 e. The molecule has 0 N–H and O–H groups in total. The fraction of sp³-hybridized carbons (Fsp3) is 0. The monoisotopic (exact) mass is 605 g/mol. The van der Waals surface area contributed by atoms with E-state index in [-0.39, 0.29) is 10.6 Å². The van der Waals surface area contributed by atoms with Crippen LogP contribution >= 0.6 is 0 Å². The van der Waals surface area contributed by atoms with Crippen LogP contribution in [0, 0.1) is 10.1 Å². The molecule has 0 unspecified atom stereocenters. The van der Waals surface area contributed by atoms with Gasteiger partial charge in [0, 0.05) is 50.5 Å². The van der Waals surface area contributed by atoms with Crippen LogP contribution in [0.25, 0.3) is 77.2 Å². The number of hydrogen-bond donors (Lipinski definition) is 0. The number of nitro benzene ring substituents is 1. The van der Waals surface area contributed by atoms with Crippen molar-refractivity contribution >= 4 is 49.3 Å². The van der Waals surface area contributed by atoms with Gasteiger partial charge in [-0.25, -0.2) is 0 Å². The van der Waals surface area contributed by atoms with Crippen molar-refractivity contribution in [1.82, 2.24) is 9.13 Å². The van der Waals surface area contributed by atoms with Gasteiger partial charge in [0.2, 0.25) is 0 Å². The topological polar surface area (TPSA) is 53.0 Å². The number of nitro groups is 1. The van der Waals surface area contributed by atoms with Gasteiger partial charge in [0.25, 0.3) is 5.69 Å². The average molecular weight is 606 g/mol. The Bertz CT molecular complexity index is 2540. The molecule has 5 nitrogen and oxygen atoms in total. The number of rotatable bonds is 5. The molecule has 0 atom stereocenters. The molecule has 0 spiro atoms. The van der Waals surface area contributed by atoms with Gasteiger partial charge in [0.05, 0.1) is 32.7 Å². The third-order valence-electron chi connectivity index (χ3n) is 9.19. The molecule has 47 heavy (non-hydrogen) atoms. The minimum Gasteiger partial charge on any atom is -0.309 e. The van der Waals surface area contributed by atoms with Gasteiger partial charge in [-0.15, -0.1) is 0 Å². The summed E-state index contributed by atoms with van der Waals surface area (Å²) in [5.74, 6) is 0. The maximum atomic E-state index is 12.3. The van der Waals surface area contributed by atoms with Crippen LogP contribution in [-0.4, -0.2) is 14.1 Å². The predicted octanol–water partition coefficient (Wildman–Crippen LogP) is 11.1. The van der Waals surface area contributed by atoms with E-state index in [9.17, 15) is 10.1 Å². The zero-order chi connectivity index (χ0) is 31.5. The number of para-hydroxylation sites is 3. The van der Waals surface area contributed by atoms with Crippen LogP contribution in [0.4, 0.5) is 5.69 Å². The van der Waals surface area contributed by atoms with Crippen LogP contribution in [0.3, 0.4) is 0 Å². The molecule has 0 aliphatic carbocycles. The van der Waals surface area contributed by atoms with E-state index in [2.05, 4.69) is 100 Å². The van der Waals surface area contributed by atoms with E-state index in [0.29, 0.717) is 0 Å². The molecule has 0 radical (unpaired) electrons. The molecule has 0 saturated heterocycles. The predicted molar refractivity (Wildman–Crippen MR) is 193 cm³/mol. The third-order valence-corrected chi connectivity index (χ3v) is 9.19. The molecule has 0 fully saturated rings. The fourth-order valence-electron chi connectivity index (χ4n) is 7.18. The van der Waals surface area contributed by atoms with E-state index in [0.717, 1.165) is 66.5 Å². The molecule has 0 amide bonds. The second-order valence-electron chi connectivity index (χ2n) is 11.8. The average Bonchev–Trinajstić information content (AvgIpc) is 3.64. The number of nitrogens with zero attached hydrogens (tertiary/aromatic N) is 3. The zero-order valence-corrected chi connectivity index (χ0v) is 25.2. The van der Waals surface area contributed by atoms with Gasteiger partial charge in [-0.05, 0) is 47.5 Å². The fourth-order valence-corrected chi connectivity index (χ4v) is 7.18. The quantitative estimate of drug-likeness (QED) is 0.145. The van der Waals surface area contributed by atoms with E-state index in [1.54, 1.807) is 12.1 Å². The Kier molecular flexibility index (Phi) is 6.05. The van der Waals surface area contributed by atoms with Gasteiger partial charge in [0.15, 0.2) is 0 Å². The number of fused-ring (bicyclic) bond motifs is 6. The smallest absolute Gasteiger partial charge is 0.270 e. The molecule has 9 rings (SSSR count). The number of aromatic nitrogens is 2. The second kappa shape index (κ2) is 10.6. The van der Waals surface area contributed by atoms with E-state index >= 15 is 0 Å². The number of hydrogen-bond acceptors (Lipinski definition) is 2. The molecule has 2 heterocycles. The Morgan fingerprint density at radius 3 is 1.36 bits per heavy atom. The summed E-state index contributed by atoms with van der Waals surface area (Å²) in [7, 11) is 0. The highest BCUT2D eigenvalue weighted by Crippen LogP contribution is 2.44. The maximum Gasteiger partial charge on any atom is 0.270 e. The zero-order valence-electron chi connectivity index (χ0n) is 25.2. The van der Waals surface area contributed by atoms with Crippen LogP contribution in [0.5, 0.6) is 0 Å². The summed E-state index contributed by atoms with van der Waals surface area (Å²) < 4.78 is 4.63. The summed E-state index contributed by atoms with van der Waals surface area (Å²) >= 11 is 0. The van der Waals surface area contributed by atoms with Gasteiger partial charge in [-0.2, -0.15) is 0 Å². The van der Waals surface area contributed by atoms with Gasteiger partial charge in [0.1, 0.15) is 0 Å². The van der Waals surface area contributed by atoms with Gasteiger partial charge in [-0.1, -0.05) is 115 Å². The highest BCUT2D eigenvalue weighted by molar-refractivity contribution is 6.13. The van der Waals surface area contributed by atoms with E-state index < -0.39 is 0 Å². The molecule has 222 valence electrons. The standard InChI is InChI=1S/C42H27N3O2/c46-45(47)31-26-35(28-13-3-1-4-14-28)42(36(27-31)29-15-5-2-6-16-29)44-40-22-12-9-19-34(40)37-25-30(23-24-41(37)44)43-38-20-10-7-17-32(38)33-18-8-11-21-39(33)43/h1-27H. The lowest BCUT2D eigenvalue weighted by Gasteiger charge is -2.19. The van der Waals surface area contributed by atoms with Crippen molar-refractivity contribution < 1.29 is 4.92 Å². The van der Waals surface area contributed by atoms with Crippen molar-refractivity contribution in [3.63, 3.8) is 0 Å². The molecule has 2 aromatic heterocycles. The second-order valence-corrected chi connectivity index (χ2v) is 11.8. The Balaban J connectivity index is 1.40. The van der Waals surface area contributed by atoms with Crippen molar-refractivity contribution in [2.75, 3.05) is 0 Å². The lowest BCUT2D eigenvalue weighted by Crippen LogP contribution is -2.03. The molecular weight excluding hydrogens is 578 g/mol. The van der Waals surface area contributed by atoms with Gasteiger partial charge < -0.3 is 9.13 Å². The third kappa shape index (κ3) is 4.17. The van der Waals surface area contributed by atoms with Crippen LogP contribution in [0.15, 0.2) is 164 Å². The molecule has 7 aromatic carbocycles. The maximum absolute atomic E-state index is 12.3. The van der Waals surface area contributed by atoms with E-state index in [4.69, 9.17) is 0 Å². The summed E-state index contributed by atoms with van der Waals surface area (Å²) in [5, 5.41) is 17.0. The highest BCUT2D eigenvalue weighted by atomic mass is 16.6. The Labute approximate surface area is 270 Å². The number of non-ortho nitro benzene ring substituents is 1. The summed E-state index contributed by atoms with van der Waals surface area (Å²) in [5.41, 5.74) is 9.84.